The van der Waals surface area contributed by atoms with Gasteiger partial charge in [-0.3, -0.25) is 4.90 Å². The van der Waals surface area contributed by atoms with Crippen molar-refractivity contribution in [3.05, 3.63) is 34.3 Å². The van der Waals surface area contributed by atoms with Crippen LogP contribution in [-0.2, 0) is 13.1 Å². The minimum Gasteiger partial charge on any atom is -0.395 e. The quantitative estimate of drug-likeness (QED) is 0.810. The van der Waals surface area contributed by atoms with Crippen molar-refractivity contribution in [1.29, 1.82) is 0 Å². The third kappa shape index (κ3) is 3.62. The summed E-state index contributed by atoms with van der Waals surface area (Å²) in [5.41, 5.74) is 1.06. The molecule has 17 heavy (non-hydrogen) atoms. The van der Waals surface area contributed by atoms with Gasteiger partial charge in [-0.05, 0) is 6.92 Å². The zero-order valence-corrected chi connectivity index (χ0v) is 10.6. The molecule has 0 amide bonds. The predicted octanol–water partition coefficient (Wildman–Crippen LogP) is 1.17. The molecule has 0 aliphatic rings. The van der Waals surface area contributed by atoms with Gasteiger partial charge in [0.1, 0.15) is 10.8 Å². The van der Waals surface area contributed by atoms with Gasteiger partial charge in [-0.15, -0.1) is 11.3 Å². The summed E-state index contributed by atoms with van der Waals surface area (Å²) >= 11 is 1.63. The molecule has 5 nitrogen and oxygen atoms in total. The zero-order chi connectivity index (χ0) is 12.1. The lowest BCUT2D eigenvalue weighted by Crippen LogP contribution is -2.26. The van der Waals surface area contributed by atoms with Crippen LogP contribution >= 0.6 is 11.3 Å². The standard InChI is InChI=1S/C11H16N4OS/c1-9-13-6-10(14-9)7-15(3-4-16)8-11-12-2-5-17-11/h2,5-6,16H,3-4,7-8H2,1H3,(H,13,14). The molecule has 92 valence electrons. The molecule has 0 fully saturated rings. The van der Waals surface area contributed by atoms with Gasteiger partial charge >= 0.3 is 0 Å². The van der Waals surface area contributed by atoms with Crippen LogP contribution in [0.25, 0.3) is 0 Å². The Labute approximate surface area is 104 Å². The number of thiazole rings is 1. The van der Waals surface area contributed by atoms with Gasteiger partial charge in [-0.2, -0.15) is 0 Å². The Kier molecular flexibility index (Phi) is 4.24. The van der Waals surface area contributed by atoms with Crippen LogP contribution in [0.1, 0.15) is 16.5 Å². The van der Waals surface area contributed by atoms with Crippen molar-refractivity contribution < 1.29 is 5.11 Å². The number of H-pyrrole nitrogens is 1. The van der Waals surface area contributed by atoms with Gasteiger partial charge in [0.15, 0.2) is 0 Å². The molecule has 0 spiro atoms. The molecular weight excluding hydrogens is 236 g/mol. The lowest BCUT2D eigenvalue weighted by molar-refractivity contribution is 0.183. The van der Waals surface area contributed by atoms with E-state index in [4.69, 9.17) is 5.11 Å². The highest BCUT2D eigenvalue weighted by Crippen LogP contribution is 2.10. The summed E-state index contributed by atoms with van der Waals surface area (Å²) in [6.07, 6.45) is 3.64. The fraction of sp³-hybridized carbons (Fsp3) is 0.455. The van der Waals surface area contributed by atoms with Crippen LogP contribution in [0.5, 0.6) is 0 Å². The smallest absolute Gasteiger partial charge is 0.107 e. The van der Waals surface area contributed by atoms with Crippen molar-refractivity contribution in [2.75, 3.05) is 13.2 Å². The van der Waals surface area contributed by atoms with E-state index >= 15 is 0 Å². The topological polar surface area (TPSA) is 65.0 Å². The molecule has 2 heterocycles. The van der Waals surface area contributed by atoms with Gasteiger partial charge in [0.2, 0.25) is 0 Å². The number of imidazole rings is 1. The second-order valence-electron chi connectivity index (χ2n) is 3.85. The summed E-state index contributed by atoms with van der Waals surface area (Å²) in [5, 5.41) is 12.1. The number of aryl methyl sites for hydroxylation is 1. The Morgan fingerprint density at radius 3 is 2.88 bits per heavy atom. The lowest BCUT2D eigenvalue weighted by Gasteiger charge is -2.18. The molecule has 0 aromatic carbocycles. The van der Waals surface area contributed by atoms with E-state index < -0.39 is 0 Å². The SMILES string of the molecule is Cc1ncc(CN(CCO)Cc2nccs2)[nH]1. The zero-order valence-electron chi connectivity index (χ0n) is 9.76. The van der Waals surface area contributed by atoms with Gasteiger partial charge in [-0.25, -0.2) is 9.97 Å². The number of hydrogen-bond donors (Lipinski definition) is 2. The normalized spacial score (nSPS) is 11.2. The fourth-order valence-electron chi connectivity index (χ4n) is 1.67. The summed E-state index contributed by atoms with van der Waals surface area (Å²) in [6, 6.07) is 0. The third-order valence-corrected chi connectivity index (χ3v) is 3.17. The maximum absolute atomic E-state index is 9.06. The van der Waals surface area contributed by atoms with Crippen molar-refractivity contribution in [1.82, 2.24) is 19.9 Å². The molecule has 0 unspecified atom stereocenters. The molecular formula is C11H16N4OS. The van der Waals surface area contributed by atoms with Crippen molar-refractivity contribution in [2.24, 2.45) is 0 Å². The molecule has 0 bridgehead atoms. The summed E-state index contributed by atoms with van der Waals surface area (Å²) < 4.78 is 0. The number of aromatic amines is 1. The number of rotatable bonds is 6. The molecule has 0 atom stereocenters. The van der Waals surface area contributed by atoms with E-state index in [1.165, 1.54) is 0 Å². The van der Waals surface area contributed by atoms with Crippen molar-refractivity contribution in [3.8, 4) is 0 Å². The molecule has 2 rings (SSSR count). The lowest BCUT2D eigenvalue weighted by atomic mass is 10.4. The monoisotopic (exact) mass is 252 g/mol. The van der Waals surface area contributed by atoms with Crippen LogP contribution in [0.4, 0.5) is 0 Å². The van der Waals surface area contributed by atoms with Crippen molar-refractivity contribution in [2.45, 2.75) is 20.0 Å². The third-order valence-electron chi connectivity index (χ3n) is 2.41. The average Bonchev–Trinajstić information content (AvgIpc) is 2.91. The van der Waals surface area contributed by atoms with E-state index in [9.17, 15) is 0 Å². The maximum Gasteiger partial charge on any atom is 0.107 e. The Morgan fingerprint density at radius 1 is 1.41 bits per heavy atom. The minimum absolute atomic E-state index is 0.151. The van der Waals surface area contributed by atoms with Gasteiger partial charge in [-0.1, -0.05) is 0 Å². The van der Waals surface area contributed by atoms with Gasteiger partial charge in [0.05, 0.1) is 13.2 Å². The molecule has 0 radical (unpaired) electrons. The van der Waals surface area contributed by atoms with Gasteiger partial charge in [0.25, 0.3) is 0 Å². The van der Waals surface area contributed by atoms with Crippen LogP contribution in [0.3, 0.4) is 0 Å². The van der Waals surface area contributed by atoms with Crippen LogP contribution in [0.15, 0.2) is 17.8 Å². The average molecular weight is 252 g/mol. The molecule has 0 aliphatic carbocycles. The molecule has 0 aliphatic heterocycles. The first-order valence-electron chi connectivity index (χ1n) is 5.50. The number of aromatic nitrogens is 3. The number of aliphatic hydroxyl groups excluding tert-OH is 1. The van der Waals surface area contributed by atoms with E-state index in [0.29, 0.717) is 6.54 Å². The Hall–Kier alpha value is -1.24. The van der Waals surface area contributed by atoms with E-state index in [2.05, 4.69) is 19.9 Å². The maximum atomic E-state index is 9.06. The first-order chi connectivity index (χ1) is 8.28. The van der Waals surface area contributed by atoms with Crippen molar-refractivity contribution in [3.63, 3.8) is 0 Å². The first kappa shape index (κ1) is 12.2. The highest BCUT2D eigenvalue weighted by Gasteiger charge is 2.09. The second-order valence-corrected chi connectivity index (χ2v) is 4.83. The Bertz CT molecular complexity index is 440. The van der Waals surface area contributed by atoms with Gasteiger partial charge < -0.3 is 10.1 Å². The largest absolute Gasteiger partial charge is 0.395 e. The summed E-state index contributed by atoms with van der Waals surface area (Å²) in [5.74, 6) is 0.915. The first-order valence-corrected chi connectivity index (χ1v) is 6.38. The summed E-state index contributed by atoms with van der Waals surface area (Å²) in [4.78, 5) is 13.8. The molecule has 0 saturated carbocycles. The molecule has 6 heteroatoms. The summed E-state index contributed by atoms with van der Waals surface area (Å²) in [7, 11) is 0. The number of aliphatic hydroxyl groups is 1. The fourth-order valence-corrected chi connectivity index (χ4v) is 2.33. The van der Waals surface area contributed by atoms with Crippen LogP contribution in [0, 0.1) is 6.92 Å². The Morgan fingerprint density at radius 2 is 2.29 bits per heavy atom. The van der Waals surface area contributed by atoms with Gasteiger partial charge in [0, 0.05) is 36.6 Å². The highest BCUT2D eigenvalue weighted by molar-refractivity contribution is 7.09. The number of nitrogens with one attached hydrogen (secondary N) is 1. The van der Waals surface area contributed by atoms with Crippen LogP contribution in [-0.4, -0.2) is 38.1 Å². The van der Waals surface area contributed by atoms with E-state index in [0.717, 1.165) is 29.6 Å². The van der Waals surface area contributed by atoms with Crippen LogP contribution < -0.4 is 0 Å². The highest BCUT2D eigenvalue weighted by atomic mass is 32.1. The van der Waals surface area contributed by atoms with Crippen molar-refractivity contribution >= 4 is 11.3 Å². The second kappa shape index (κ2) is 5.90. The molecule has 0 saturated heterocycles. The number of nitrogens with zero attached hydrogens (tertiary/aromatic N) is 3. The summed E-state index contributed by atoms with van der Waals surface area (Å²) in [6.45, 7) is 4.23. The van der Waals surface area contributed by atoms with E-state index in [1.54, 1.807) is 17.5 Å². The van der Waals surface area contributed by atoms with Crippen LogP contribution in [0.2, 0.25) is 0 Å². The van der Waals surface area contributed by atoms with E-state index in [-0.39, 0.29) is 6.61 Å². The molecule has 2 aromatic heterocycles. The number of hydrogen-bond acceptors (Lipinski definition) is 5. The van der Waals surface area contributed by atoms with E-state index in [1.807, 2.05) is 18.5 Å². The minimum atomic E-state index is 0.151. The predicted molar refractivity (Wildman–Crippen MR) is 66.6 cm³/mol. The Balaban J connectivity index is 1.97. The molecule has 2 aromatic rings. The molecule has 2 N–H and O–H groups in total.